The molecule has 2 aromatic rings. The first-order valence-electron chi connectivity index (χ1n) is 7.24. The van der Waals surface area contributed by atoms with Crippen LogP contribution < -0.4 is 14.8 Å². The van der Waals surface area contributed by atoms with Crippen LogP contribution in [0.2, 0.25) is 0 Å². The van der Waals surface area contributed by atoms with E-state index in [1.165, 1.54) is 0 Å². The molecule has 1 aromatic carbocycles. The number of nitrogens with zero attached hydrogens (tertiary/aromatic N) is 2. The van der Waals surface area contributed by atoms with Crippen LogP contribution in [-0.2, 0) is 11.3 Å². The van der Waals surface area contributed by atoms with Crippen LogP contribution in [0.25, 0.3) is 0 Å². The standard InChI is InChI=1S/C16H21N3O3/c1-13(22-15-7-4-3-6-14(15)21-2)16(20)18-8-5-10-19-11-9-17-12-19/h3-4,6-7,9,11-13H,5,8,10H2,1-2H3,(H,18,20). The number of hydrogen-bond acceptors (Lipinski definition) is 4. The second-order valence-corrected chi connectivity index (χ2v) is 4.86. The molecule has 1 heterocycles. The summed E-state index contributed by atoms with van der Waals surface area (Å²) in [5, 5.41) is 2.86. The third-order valence-electron chi connectivity index (χ3n) is 3.19. The van der Waals surface area contributed by atoms with Crippen LogP contribution in [0.3, 0.4) is 0 Å². The fourth-order valence-electron chi connectivity index (χ4n) is 2.00. The van der Waals surface area contributed by atoms with Crippen LogP contribution in [0.15, 0.2) is 43.0 Å². The zero-order chi connectivity index (χ0) is 15.8. The fraction of sp³-hybridized carbons (Fsp3) is 0.375. The lowest BCUT2D eigenvalue weighted by molar-refractivity contribution is -0.127. The van der Waals surface area contributed by atoms with Crippen molar-refractivity contribution in [3.05, 3.63) is 43.0 Å². The van der Waals surface area contributed by atoms with Crippen LogP contribution in [0.1, 0.15) is 13.3 Å². The Labute approximate surface area is 130 Å². The molecule has 118 valence electrons. The predicted molar refractivity (Wildman–Crippen MR) is 82.9 cm³/mol. The predicted octanol–water partition coefficient (Wildman–Crippen LogP) is 1.87. The molecule has 0 aliphatic heterocycles. The van der Waals surface area contributed by atoms with Gasteiger partial charge in [0.15, 0.2) is 17.6 Å². The molecule has 6 nitrogen and oxygen atoms in total. The van der Waals surface area contributed by atoms with Gasteiger partial charge in [-0.05, 0) is 25.5 Å². The Hall–Kier alpha value is -2.50. The molecule has 0 spiro atoms. The molecule has 0 bridgehead atoms. The SMILES string of the molecule is COc1ccccc1OC(C)C(=O)NCCCn1ccnc1. The number of imidazole rings is 1. The van der Waals surface area contributed by atoms with Gasteiger partial charge in [-0.3, -0.25) is 4.79 Å². The number of methoxy groups -OCH3 is 1. The summed E-state index contributed by atoms with van der Waals surface area (Å²) in [4.78, 5) is 16.0. The number of hydrogen-bond donors (Lipinski definition) is 1. The third-order valence-corrected chi connectivity index (χ3v) is 3.19. The minimum absolute atomic E-state index is 0.142. The van der Waals surface area contributed by atoms with E-state index in [9.17, 15) is 4.79 Å². The Morgan fingerprint density at radius 1 is 1.36 bits per heavy atom. The summed E-state index contributed by atoms with van der Waals surface area (Å²) in [6.07, 6.45) is 5.65. The Balaban J connectivity index is 1.74. The Bertz CT molecular complexity index is 584. The number of aromatic nitrogens is 2. The molecule has 6 heteroatoms. The molecule has 0 saturated carbocycles. The lowest BCUT2D eigenvalue weighted by Crippen LogP contribution is -2.37. The quantitative estimate of drug-likeness (QED) is 0.756. The lowest BCUT2D eigenvalue weighted by Gasteiger charge is -2.16. The molecule has 1 N–H and O–H groups in total. The third kappa shape index (κ3) is 4.51. The molecule has 1 atom stereocenters. The number of carbonyl (C=O) groups excluding carboxylic acids is 1. The molecule has 0 saturated heterocycles. The Kier molecular flexibility index (Phi) is 5.82. The monoisotopic (exact) mass is 303 g/mol. The van der Waals surface area contributed by atoms with Crippen molar-refractivity contribution in [3.63, 3.8) is 0 Å². The van der Waals surface area contributed by atoms with E-state index in [4.69, 9.17) is 9.47 Å². The van der Waals surface area contributed by atoms with Gasteiger partial charge in [-0.15, -0.1) is 0 Å². The highest BCUT2D eigenvalue weighted by atomic mass is 16.5. The highest BCUT2D eigenvalue weighted by Gasteiger charge is 2.15. The zero-order valence-electron chi connectivity index (χ0n) is 12.9. The molecule has 0 fully saturated rings. The van der Waals surface area contributed by atoms with Crippen molar-refractivity contribution in [2.45, 2.75) is 26.0 Å². The highest BCUT2D eigenvalue weighted by Crippen LogP contribution is 2.26. The van der Waals surface area contributed by atoms with Gasteiger partial charge < -0.3 is 19.4 Å². The summed E-state index contributed by atoms with van der Waals surface area (Å²) >= 11 is 0. The average molecular weight is 303 g/mol. The van der Waals surface area contributed by atoms with Crippen molar-refractivity contribution in [2.75, 3.05) is 13.7 Å². The number of nitrogens with one attached hydrogen (secondary N) is 1. The van der Waals surface area contributed by atoms with Crippen LogP contribution >= 0.6 is 0 Å². The number of amides is 1. The summed E-state index contributed by atoms with van der Waals surface area (Å²) < 4.78 is 12.8. The summed E-state index contributed by atoms with van der Waals surface area (Å²) in [5.74, 6) is 1.03. The number of rotatable bonds is 8. The molecular weight excluding hydrogens is 282 g/mol. The molecule has 2 rings (SSSR count). The van der Waals surface area contributed by atoms with Crippen molar-refractivity contribution >= 4 is 5.91 Å². The van der Waals surface area contributed by atoms with Crippen LogP contribution in [0, 0.1) is 0 Å². The first-order chi connectivity index (χ1) is 10.7. The van der Waals surface area contributed by atoms with E-state index in [0.29, 0.717) is 18.0 Å². The normalized spacial score (nSPS) is 11.7. The van der Waals surface area contributed by atoms with Gasteiger partial charge in [0.2, 0.25) is 0 Å². The smallest absolute Gasteiger partial charge is 0.260 e. The van der Waals surface area contributed by atoms with Crippen molar-refractivity contribution in [1.29, 1.82) is 0 Å². The van der Waals surface area contributed by atoms with Gasteiger partial charge in [-0.2, -0.15) is 0 Å². The van der Waals surface area contributed by atoms with E-state index >= 15 is 0 Å². The number of ether oxygens (including phenoxy) is 2. The summed E-state index contributed by atoms with van der Waals surface area (Å²) in [6, 6.07) is 7.27. The Morgan fingerprint density at radius 2 is 2.14 bits per heavy atom. The molecule has 22 heavy (non-hydrogen) atoms. The van der Waals surface area contributed by atoms with Gasteiger partial charge in [-0.25, -0.2) is 4.98 Å². The van der Waals surface area contributed by atoms with E-state index in [-0.39, 0.29) is 5.91 Å². The van der Waals surface area contributed by atoms with E-state index in [2.05, 4.69) is 10.3 Å². The molecule has 0 aliphatic rings. The first-order valence-corrected chi connectivity index (χ1v) is 7.24. The van der Waals surface area contributed by atoms with Crippen LogP contribution in [0.5, 0.6) is 11.5 Å². The number of para-hydroxylation sites is 2. The minimum Gasteiger partial charge on any atom is -0.493 e. The van der Waals surface area contributed by atoms with Gasteiger partial charge in [0, 0.05) is 25.5 Å². The van der Waals surface area contributed by atoms with E-state index < -0.39 is 6.10 Å². The number of benzene rings is 1. The molecule has 0 aliphatic carbocycles. The van der Waals surface area contributed by atoms with Gasteiger partial charge in [-0.1, -0.05) is 12.1 Å². The summed E-state index contributed by atoms with van der Waals surface area (Å²) in [5.41, 5.74) is 0. The number of aryl methyl sites for hydroxylation is 1. The fourth-order valence-corrected chi connectivity index (χ4v) is 2.00. The number of carbonyl (C=O) groups is 1. The minimum atomic E-state index is -0.579. The topological polar surface area (TPSA) is 65.4 Å². The zero-order valence-corrected chi connectivity index (χ0v) is 12.9. The second-order valence-electron chi connectivity index (χ2n) is 4.86. The van der Waals surface area contributed by atoms with E-state index in [1.54, 1.807) is 38.7 Å². The van der Waals surface area contributed by atoms with E-state index in [1.807, 2.05) is 22.9 Å². The van der Waals surface area contributed by atoms with E-state index in [0.717, 1.165) is 13.0 Å². The molecule has 1 aromatic heterocycles. The summed E-state index contributed by atoms with van der Waals surface area (Å²) in [7, 11) is 1.57. The maximum absolute atomic E-state index is 12.0. The molecule has 1 unspecified atom stereocenters. The first kappa shape index (κ1) is 15.9. The van der Waals surface area contributed by atoms with Crippen molar-refractivity contribution in [2.24, 2.45) is 0 Å². The van der Waals surface area contributed by atoms with Crippen LogP contribution in [0.4, 0.5) is 0 Å². The van der Waals surface area contributed by atoms with Gasteiger partial charge in [0.25, 0.3) is 5.91 Å². The van der Waals surface area contributed by atoms with Gasteiger partial charge >= 0.3 is 0 Å². The largest absolute Gasteiger partial charge is 0.493 e. The van der Waals surface area contributed by atoms with Crippen molar-refractivity contribution in [3.8, 4) is 11.5 Å². The van der Waals surface area contributed by atoms with Crippen LogP contribution in [-0.4, -0.2) is 35.2 Å². The lowest BCUT2D eigenvalue weighted by atomic mass is 10.3. The second kappa shape index (κ2) is 8.07. The maximum atomic E-state index is 12.0. The highest BCUT2D eigenvalue weighted by molar-refractivity contribution is 5.80. The van der Waals surface area contributed by atoms with Crippen molar-refractivity contribution < 1.29 is 14.3 Å². The maximum Gasteiger partial charge on any atom is 0.260 e. The molecule has 1 amide bonds. The molecular formula is C16H21N3O3. The average Bonchev–Trinajstić information content (AvgIpc) is 3.05. The summed E-state index contributed by atoms with van der Waals surface area (Å²) in [6.45, 7) is 3.14. The van der Waals surface area contributed by atoms with Gasteiger partial charge in [0.1, 0.15) is 0 Å². The van der Waals surface area contributed by atoms with Gasteiger partial charge in [0.05, 0.1) is 13.4 Å². The van der Waals surface area contributed by atoms with Crippen molar-refractivity contribution in [1.82, 2.24) is 14.9 Å². The molecule has 0 radical (unpaired) electrons. The Morgan fingerprint density at radius 3 is 2.82 bits per heavy atom.